The van der Waals surface area contributed by atoms with Gasteiger partial charge >= 0.3 is 0 Å². The van der Waals surface area contributed by atoms with Crippen molar-refractivity contribution in [2.45, 2.75) is 27.2 Å². The van der Waals surface area contributed by atoms with E-state index in [0.717, 1.165) is 12.0 Å². The molecule has 1 amide bonds. The molecule has 17 heavy (non-hydrogen) atoms. The molecule has 3 N–H and O–H groups in total. The molecular formula is C14H22N2O. The number of hydrogen-bond acceptors (Lipinski definition) is 2. The van der Waals surface area contributed by atoms with Gasteiger partial charge in [0.2, 0.25) is 0 Å². The highest BCUT2D eigenvalue weighted by molar-refractivity contribution is 5.94. The van der Waals surface area contributed by atoms with Crippen LogP contribution in [-0.2, 0) is 6.42 Å². The van der Waals surface area contributed by atoms with Crippen LogP contribution >= 0.6 is 0 Å². The van der Waals surface area contributed by atoms with Crippen molar-refractivity contribution < 1.29 is 4.79 Å². The van der Waals surface area contributed by atoms with E-state index in [1.165, 1.54) is 0 Å². The smallest absolute Gasteiger partial charge is 0.251 e. The van der Waals surface area contributed by atoms with Crippen molar-refractivity contribution in [3.05, 3.63) is 35.4 Å². The third kappa shape index (κ3) is 5.00. The van der Waals surface area contributed by atoms with Gasteiger partial charge in [0.25, 0.3) is 5.91 Å². The Morgan fingerprint density at radius 3 is 2.65 bits per heavy atom. The highest BCUT2D eigenvalue weighted by atomic mass is 16.1. The fraction of sp³-hybridized carbons (Fsp3) is 0.500. The van der Waals surface area contributed by atoms with Crippen LogP contribution in [0.5, 0.6) is 0 Å². The molecule has 0 saturated carbocycles. The van der Waals surface area contributed by atoms with Crippen molar-refractivity contribution in [1.29, 1.82) is 0 Å². The number of amides is 1. The van der Waals surface area contributed by atoms with Crippen LogP contribution in [0.3, 0.4) is 0 Å². The van der Waals surface area contributed by atoms with Crippen molar-refractivity contribution >= 4 is 5.91 Å². The summed E-state index contributed by atoms with van der Waals surface area (Å²) in [4.78, 5) is 11.9. The Balaban J connectivity index is 2.65. The second-order valence-corrected chi connectivity index (χ2v) is 5.48. The van der Waals surface area contributed by atoms with Crippen LogP contribution in [0.1, 0.15) is 36.7 Å². The monoisotopic (exact) mass is 234 g/mol. The summed E-state index contributed by atoms with van der Waals surface area (Å²) < 4.78 is 0. The van der Waals surface area contributed by atoms with Crippen LogP contribution in [-0.4, -0.2) is 19.0 Å². The lowest BCUT2D eigenvalue weighted by atomic mass is 9.97. The van der Waals surface area contributed by atoms with Gasteiger partial charge in [0, 0.05) is 12.1 Å². The first kappa shape index (κ1) is 13.7. The fourth-order valence-corrected chi connectivity index (χ4v) is 1.48. The Kier molecular flexibility index (Phi) is 4.70. The topological polar surface area (TPSA) is 55.1 Å². The molecule has 0 aromatic heterocycles. The largest absolute Gasteiger partial charge is 0.352 e. The van der Waals surface area contributed by atoms with Crippen LogP contribution in [0.25, 0.3) is 0 Å². The molecule has 0 aliphatic carbocycles. The second kappa shape index (κ2) is 5.82. The molecular weight excluding hydrogens is 212 g/mol. The third-order valence-corrected chi connectivity index (χ3v) is 2.40. The number of carbonyl (C=O) groups is 1. The summed E-state index contributed by atoms with van der Waals surface area (Å²) in [6, 6.07) is 7.63. The van der Waals surface area contributed by atoms with E-state index < -0.39 is 0 Å². The van der Waals surface area contributed by atoms with Gasteiger partial charge in [0.05, 0.1) is 0 Å². The van der Waals surface area contributed by atoms with Gasteiger partial charge in [0.15, 0.2) is 0 Å². The Labute approximate surface area is 103 Å². The van der Waals surface area contributed by atoms with Gasteiger partial charge in [-0.15, -0.1) is 0 Å². The van der Waals surface area contributed by atoms with Crippen molar-refractivity contribution in [3.63, 3.8) is 0 Å². The molecule has 0 unspecified atom stereocenters. The standard InChI is InChI=1S/C14H22N2O/c1-14(2,3)10-16-13(17)12-6-4-5-11(9-12)7-8-15/h4-6,9H,7-8,10,15H2,1-3H3,(H,16,17). The fourth-order valence-electron chi connectivity index (χ4n) is 1.48. The molecule has 0 atom stereocenters. The van der Waals surface area contributed by atoms with Gasteiger partial charge in [0.1, 0.15) is 0 Å². The summed E-state index contributed by atoms with van der Waals surface area (Å²) in [6.07, 6.45) is 0.806. The molecule has 0 spiro atoms. The zero-order valence-corrected chi connectivity index (χ0v) is 10.9. The minimum atomic E-state index is -0.0150. The summed E-state index contributed by atoms with van der Waals surface area (Å²) >= 11 is 0. The number of nitrogens with one attached hydrogen (secondary N) is 1. The number of carbonyl (C=O) groups excluding carboxylic acids is 1. The molecule has 0 heterocycles. The average Bonchev–Trinajstić information content (AvgIpc) is 2.26. The molecule has 0 fully saturated rings. The van der Waals surface area contributed by atoms with E-state index in [1.807, 2.05) is 24.3 Å². The first-order chi connectivity index (χ1) is 7.92. The SMILES string of the molecule is CC(C)(C)CNC(=O)c1cccc(CCN)c1. The summed E-state index contributed by atoms with van der Waals surface area (Å²) in [6.45, 7) is 7.56. The lowest BCUT2D eigenvalue weighted by Gasteiger charge is -2.18. The zero-order chi connectivity index (χ0) is 12.9. The Morgan fingerprint density at radius 1 is 1.35 bits per heavy atom. The average molecular weight is 234 g/mol. The molecule has 1 aromatic carbocycles. The lowest BCUT2D eigenvalue weighted by molar-refractivity contribution is 0.0939. The summed E-state index contributed by atoms with van der Waals surface area (Å²) in [5, 5.41) is 2.94. The summed E-state index contributed by atoms with van der Waals surface area (Å²) in [5.74, 6) is -0.0150. The molecule has 3 heteroatoms. The van der Waals surface area contributed by atoms with Crippen molar-refractivity contribution in [1.82, 2.24) is 5.32 Å². The van der Waals surface area contributed by atoms with Crippen molar-refractivity contribution in [2.75, 3.05) is 13.1 Å². The number of nitrogens with two attached hydrogens (primary N) is 1. The molecule has 1 rings (SSSR count). The van der Waals surface area contributed by atoms with Crippen molar-refractivity contribution in [2.24, 2.45) is 11.1 Å². The Bertz CT molecular complexity index is 380. The summed E-state index contributed by atoms with van der Waals surface area (Å²) in [5.41, 5.74) is 7.42. The van der Waals surface area contributed by atoms with Crippen LogP contribution in [0.2, 0.25) is 0 Å². The van der Waals surface area contributed by atoms with E-state index in [1.54, 1.807) is 0 Å². The van der Waals surface area contributed by atoms with Crippen LogP contribution < -0.4 is 11.1 Å². The van der Waals surface area contributed by atoms with E-state index in [9.17, 15) is 4.79 Å². The maximum Gasteiger partial charge on any atom is 0.251 e. The molecule has 0 radical (unpaired) electrons. The normalized spacial score (nSPS) is 11.3. The zero-order valence-electron chi connectivity index (χ0n) is 10.9. The van der Waals surface area contributed by atoms with E-state index in [2.05, 4.69) is 26.1 Å². The lowest BCUT2D eigenvalue weighted by Crippen LogP contribution is -2.32. The van der Waals surface area contributed by atoms with Gasteiger partial charge in [-0.1, -0.05) is 32.9 Å². The van der Waals surface area contributed by atoms with E-state index >= 15 is 0 Å². The molecule has 0 bridgehead atoms. The molecule has 3 nitrogen and oxygen atoms in total. The van der Waals surface area contributed by atoms with Gasteiger partial charge in [-0.2, -0.15) is 0 Å². The minimum absolute atomic E-state index is 0.0150. The van der Waals surface area contributed by atoms with Crippen LogP contribution in [0, 0.1) is 5.41 Å². The third-order valence-electron chi connectivity index (χ3n) is 2.40. The molecule has 0 saturated heterocycles. The van der Waals surface area contributed by atoms with E-state index in [0.29, 0.717) is 18.7 Å². The van der Waals surface area contributed by atoms with Crippen LogP contribution in [0.15, 0.2) is 24.3 Å². The Hall–Kier alpha value is -1.35. The maximum atomic E-state index is 11.9. The predicted octanol–water partition coefficient (Wildman–Crippen LogP) is 1.96. The summed E-state index contributed by atoms with van der Waals surface area (Å²) in [7, 11) is 0. The van der Waals surface area contributed by atoms with Gasteiger partial charge in [-0.05, 0) is 36.1 Å². The highest BCUT2D eigenvalue weighted by Gasteiger charge is 2.13. The molecule has 94 valence electrons. The Morgan fingerprint density at radius 2 is 2.06 bits per heavy atom. The quantitative estimate of drug-likeness (QED) is 0.836. The number of rotatable bonds is 4. The van der Waals surface area contributed by atoms with E-state index in [4.69, 9.17) is 5.73 Å². The molecule has 1 aromatic rings. The van der Waals surface area contributed by atoms with Gasteiger partial charge < -0.3 is 11.1 Å². The van der Waals surface area contributed by atoms with Gasteiger partial charge in [-0.3, -0.25) is 4.79 Å². The van der Waals surface area contributed by atoms with E-state index in [-0.39, 0.29) is 11.3 Å². The predicted molar refractivity (Wildman–Crippen MR) is 71.0 cm³/mol. The maximum absolute atomic E-state index is 11.9. The van der Waals surface area contributed by atoms with Crippen molar-refractivity contribution in [3.8, 4) is 0 Å². The number of benzene rings is 1. The molecule has 0 aliphatic rings. The molecule has 0 aliphatic heterocycles. The number of hydrogen-bond donors (Lipinski definition) is 2. The second-order valence-electron chi connectivity index (χ2n) is 5.48. The highest BCUT2D eigenvalue weighted by Crippen LogP contribution is 2.11. The van der Waals surface area contributed by atoms with Gasteiger partial charge in [-0.25, -0.2) is 0 Å². The van der Waals surface area contributed by atoms with Crippen LogP contribution in [0.4, 0.5) is 0 Å². The first-order valence-electron chi connectivity index (χ1n) is 5.99. The minimum Gasteiger partial charge on any atom is -0.352 e. The first-order valence-corrected chi connectivity index (χ1v) is 5.99.